The van der Waals surface area contributed by atoms with Crippen LogP contribution in [0.1, 0.15) is 6.42 Å². The number of aromatic nitrogens is 3. The van der Waals surface area contributed by atoms with E-state index in [0.29, 0.717) is 16.4 Å². The zero-order chi connectivity index (χ0) is 24.1. The van der Waals surface area contributed by atoms with Crippen LogP contribution < -0.4 is 16.0 Å². The first kappa shape index (κ1) is 22.2. The SMILES string of the molecule is CN1CCN(c2ccc(-c3nc4ncc(Cl)c(N[C@@H]5[C@H](OC(N)=O)[C@H]6C=C[C@@H]5C6)c4[nH]3)cc2)CC1. The molecule has 182 valence electrons. The van der Waals surface area contributed by atoms with Gasteiger partial charge in [0.15, 0.2) is 5.65 Å². The van der Waals surface area contributed by atoms with Gasteiger partial charge in [-0.2, -0.15) is 0 Å². The number of halogens is 1. The molecule has 3 aromatic rings. The van der Waals surface area contributed by atoms with Gasteiger partial charge in [0.05, 0.1) is 22.9 Å². The third-order valence-corrected chi connectivity index (χ3v) is 7.72. The zero-order valence-corrected chi connectivity index (χ0v) is 20.2. The Labute approximate surface area is 208 Å². The van der Waals surface area contributed by atoms with E-state index in [4.69, 9.17) is 27.1 Å². The average Bonchev–Trinajstić information content (AvgIpc) is 3.57. The van der Waals surface area contributed by atoms with Gasteiger partial charge in [-0.25, -0.2) is 14.8 Å². The third-order valence-electron chi connectivity index (χ3n) is 7.43. The van der Waals surface area contributed by atoms with Crippen LogP contribution in [-0.4, -0.2) is 71.3 Å². The summed E-state index contributed by atoms with van der Waals surface area (Å²) >= 11 is 6.58. The molecule has 2 bridgehead atoms. The van der Waals surface area contributed by atoms with E-state index in [-0.39, 0.29) is 24.0 Å². The summed E-state index contributed by atoms with van der Waals surface area (Å²) in [6.45, 7) is 4.18. The van der Waals surface area contributed by atoms with E-state index in [9.17, 15) is 4.79 Å². The average molecular weight is 494 g/mol. The van der Waals surface area contributed by atoms with E-state index >= 15 is 0 Å². The standard InChI is InChI=1S/C25H28ClN7O2/c1-32-8-10-33(11-9-32)17-6-4-14(5-7-17)23-30-21-20(18(26)13-28-24(21)31-23)29-19-15-2-3-16(12-15)22(19)35-25(27)34/h2-7,13,15-16,19,22H,8-12H2,1H3,(H2,27,34)(H2,28,29,30,31)/t15-,16+,19+,22-/m1/s1. The number of hydrogen-bond donors (Lipinski definition) is 3. The van der Waals surface area contributed by atoms with Crippen molar-refractivity contribution in [2.45, 2.75) is 18.6 Å². The smallest absolute Gasteiger partial charge is 0.404 e. The fourth-order valence-electron chi connectivity index (χ4n) is 5.53. The van der Waals surface area contributed by atoms with Crippen molar-refractivity contribution in [1.82, 2.24) is 19.9 Å². The molecule has 35 heavy (non-hydrogen) atoms. The summed E-state index contributed by atoms with van der Waals surface area (Å²) in [7, 11) is 2.16. The van der Waals surface area contributed by atoms with Gasteiger partial charge < -0.3 is 30.6 Å². The Morgan fingerprint density at radius 3 is 2.66 bits per heavy atom. The van der Waals surface area contributed by atoms with Gasteiger partial charge in [-0.3, -0.25) is 0 Å². The number of imidazole rings is 1. The molecule has 0 spiro atoms. The van der Waals surface area contributed by atoms with Crippen molar-refractivity contribution >= 4 is 40.2 Å². The number of nitrogens with zero attached hydrogens (tertiary/aromatic N) is 4. The fourth-order valence-corrected chi connectivity index (χ4v) is 5.73. The van der Waals surface area contributed by atoms with Crippen LogP contribution in [0.5, 0.6) is 0 Å². The number of anilines is 2. The molecule has 2 aliphatic carbocycles. The van der Waals surface area contributed by atoms with Gasteiger partial charge in [-0.1, -0.05) is 23.8 Å². The summed E-state index contributed by atoms with van der Waals surface area (Å²) in [5.41, 5.74) is 9.52. The van der Waals surface area contributed by atoms with E-state index < -0.39 is 6.09 Å². The quantitative estimate of drug-likeness (QED) is 0.466. The second kappa shape index (κ2) is 8.73. The molecule has 4 atom stereocenters. The molecule has 1 saturated heterocycles. The number of carbonyl (C=O) groups is 1. The van der Waals surface area contributed by atoms with E-state index in [1.807, 2.05) is 0 Å². The Balaban J connectivity index is 1.28. The molecule has 3 aliphatic rings. The first-order chi connectivity index (χ1) is 17.0. The number of hydrogen-bond acceptors (Lipinski definition) is 7. The van der Waals surface area contributed by atoms with Crippen LogP contribution in [0.3, 0.4) is 0 Å². The van der Waals surface area contributed by atoms with Gasteiger partial charge >= 0.3 is 6.09 Å². The first-order valence-corrected chi connectivity index (χ1v) is 12.3. The van der Waals surface area contributed by atoms with Crippen LogP contribution in [0.4, 0.5) is 16.2 Å². The van der Waals surface area contributed by atoms with Gasteiger partial charge in [0, 0.05) is 49.3 Å². The van der Waals surface area contributed by atoms with Gasteiger partial charge in [0.2, 0.25) is 0 Å². The summed E-state index contributed by atoms with van der Waals surface area (Å²) < 4.78 is 5.46. The fraction of sp³-hybridized carbons (Fsp3) is 0.400. The number of primary amides is 1. The Morgan fingerprint density at radius 2 is 1.91 bits per heavy atom. The molecule has 4 N–H and O–H groups in total. The second-order valence-electron chi connectivity index (χ2n) is 9.62. The number of pyridine rings is 1. The molecule has 1 amide bonds. The van der Waals surface area contributed by atoms with E-state index in [2.05, 4.69) is 68.5 Å². The van der Waals surface area contributed by atoms with Crippen molar-refractivity contribution in [1.29, 1.82) is 0 Å². The Bertz CT molecular complexity index is 1280. The predicted molar refractivity (Wildman–Crippen MR) is 137 cm³/mol. The second-order valence-corrected chi connectivity index (χ2v) is 10.0. The van der Waals surface area contributed by atoms with Gasteiger partial charge in [0.1, 0.15) is 17.4 Å². The topological polar surface area (TPSA) is 112 Å². The van der Waals surface area contributed by atoms with Crippen LogP contribution in [0.2, 0.25) is 5.02 Å². The molecule has 9 nitrogen and oxygen atoms in total. The number of rotatable bonds is 5. The molecule has 3 heterocycles. The minimum atomic E-state index is -0.766. The van der Waals surface area contributed by atoms with Crippen molar-refractivity contribution in [3.05, 3.63) is 47.6 Å². The normalized spacial score (nSPS) is 25.9. The highest BCUT2D eigenvalue weighted by Crippen LogP contribution is 2.44. The highest BCUT2D eigenvalue weighted by molar-refractivity contribution is 6.34. The monoisotopic (exact) mass is 493 g/mol. The number of benzene rings is 1. The molecule has 1 saturated carbocycles. The molecule has 0 radical (unpaired) electrons. The maximum absolute atomic E-state index is 11.5. The van der Waals surface area contributed by atoms with Crippen LogP contribution in [0.15, 0.2) is 42.6 Å². The van der Waals surface area contributed by atoms with Crippen molar-refractivity contribution in [2.24, 2.45) is 17.6 Å². The lowest BCUT2D eigenvalue weighted by Crippen LogP contribution is -2.44. The lowest BCUT2D eigenvalue weighted by Gasteiger charge is -2.34. The lowest BCUT2D eigenvalue weighted by atomic mass is 9.98. The van der Waals surface area contributed by atoms with E-state index in [1.54, 1.807) is 6.20 Å². The van der Waals surface area contributed by atoms with E-state index in [0.717, 1.165) is 49.5 Å². The number of ether oxygens (including phenoxy) is 1. The van der Waals surface area contributed by atoms with Crippen LogP contribution >= 0.6 is 11.6 Å². The van der Waals surface area contributed by atoms with Gasteiger partial charge in [-0.15, -0.1) is 0 Å². The number of nitrogens with two attached hydrogens (primary N) is 1. The molecular formula is C25H28ClN7O2. The molecule has 6 rings (SSSR count). The van der Waals surface area contributed by atoms with Crippen LogP contribution in [-0.2, 0) is 4.74 Å². The molecule has 1 aromatic carbocycles. The number of piperazine rings is 1. The molecule has 2 aromatic heterocycles. The molecule has 10 heteroatoms. The minimum Gasteiger partial charge on any atom is -0.444 e. The Kier molecular flexibility index (Phi) is 5.53. The van der Waals surface area contributed by atoms with Crippen molar-refractivity contribution in [2.75, 3.05) is 43.4 Å². The minimum absolute atomic E-state index is 0.129. The number of likely N-dealkylation sites (N-methyl/N-ethyl adjacent to an activating group) is 1. The highest BCUT2D eigenvalue weighted by atomic mass is 35.5. The molecule has 0 unspecified atom stereocenters. The van der Waals surface area contributed by atoms with Crippen molar-refractivity contribution < 1.29 is 9.53 Å². The van der Waals surface area contributed by atoms with Gasteiger partial charge in [0.25, 0.3) is 0 Å². The number of carbonyl (C=O) groups excluding carboxylic acids is 1. The number of aromatic amines is 1. The number of amides is 1. The summed E-state index contributed by atoms with van der Waals surface area (Å²) in [5.74, 6) is 1.10. The zero-order valence-electron chi connectivity index (χ0n) is 19.4. The van der Waals surface area contributed by atoms with Crippen LogP contribution in [0, 0.1) is 11.8 Å². The summed E-state index contributed by atoms with van der Waals surface area (Å²) in [5, 5.41) is 4.00. The third kappa shape index (κ3) is 4.08. The van der Waals surface area contributed by atoms with E-state index in [1.165, 1.54) is 5.69 Å². The van der Waals surface area contributed by atoms with Crippen molar-refractivity contribution in [3.8, 4) is 11.4 Å². The maximum atomic E-state index is 11.5. The summed E-state index contributed by atoms with van der Waals surface area (Å²) in [6, 6.07) is 8.31. The highest BCUT2D eigenvalue weighted by Gasteiger charge is 2.47. The summed E-state index contributed by atoms with van der Waals surface area (Å²) in [4.78, 5) is 28.8. The summed E-state index contributed by atoms with van der Waals surface area (Å²) in [6.07, 6.45) is 5.66. The Morgan fingerprint density at radius 1 is 1.17 bits per heavy atom. The predicted octanol–water partition coefficient (Wildman–Crippen LogP) is 3.48. The number of H-pyrrole nitrogens is 1. The molecule has 2 fully saturated rings. The Hall–Kier alpha value is -3.30. The molecule has 1 aliphatic heterocycles. The van der Waals surface area contributed by atoms with Gasteiger partial charge in [-0.05, 0) is 37.7 Å². The largest absolute Gasteiger partial charge is 0.444 e. The van der Waals surface area contributed by atoms with Crippen molar-refractivity contribution in [3.63, 3.8) is 0 Å². The lowest BCUT2D eigenvalue weighted by molar-refractivity contribution is 0.0854. The number of fused-ring (bicyclic) bond motifs is 3. The maximum Gasteiger partial charge on any atom is 0.404 e. The number of nitrogens with one attached hydrogen (secondary N) is 2. The first-order valence-electron chi connectivity index (χ1n) is 12.0. The molecular weight excluding hydrogens is 466 g/mol. The van der Waals surface area contributed by atoms with Crippen LogP contribution in [0.25, 0.3) is 22.6 Å².